The van der Waals surface area contributed by atoms with Gasteiger partial charge in [-0.2, -0.15) is 0 Å². The number of carbonyl (C=O) groups excluding carboxylic acids is 1. The maximum atomic E-state index is 12.7. The maximum absolute atomic E-state index is 12.7. The number of aryl methyl sites for hydroxylation is 3. The van der Waals surface area contributed by atoms with Gasteiger partial charge in [0.15, 0.2) is 5.65 Å². The van der Waals surface area contributed by atoms with Gasteiger partial charge in [0, 0.05) is 25.7 Å². The summed E-state index contributed by atoms with van der Waals surface area (Å²) in [5.41, 5.74) is 3.91. The number of H-pyrrole nitrogens is 1. The van der Waals surface area contributed by atoms with Crippen LogP contribution in [0.2, 0.25) is 0 Å². The van der Waals surface area contributed by atoms with Gasteiger partial charge in [-0.25, -0.2) is 13.4 Å². The number of aromatic amines is 1. The molecule has 0 aliphatic heterocycles. The smallest absolute Gasteiger partial charge is 0.273 e. The Kier molecular flexibility index (Phi) is 6.74. The second-order valence-corrected chi connectivity index (χ2v) is 10.0. The number of anilines is 1. The third kappa shape index (κ3) is 5.12. The number of amides is 1. The predicted molar refractivity (Wildman–Crippen MR) is 135 cm³/mol. The van der Waals surface area contributed by atoms with Crippen molar-refractivity contribution < 1.29 is 13.2 Å². The molecular formula is C25H27N5O4S. The van der Waals surface area contributed by atoms with Crippen molar-refractivity contribution in [3.05, 3.63) is 87.3 Å². The van der Waals surface area contributed by atoms with Crippen molar-refractivity contribution in [2.75, 3.05) is 4.72 Å². The molecule has 0 aliphatic rings. The van der Waals surface area contributed by atoms with E-state index in [2.05, 4.69) is 20.1 Å². The van der Waals surface area contributed by atoms with Crippen LogP contribution in [0.5, 0.6) is 0 Å². The van der Waals surface area contributed by atoms with Crippen LogP contribution in [-0.2, 0) is 34.8 Å². The Bertz CT molecular complexity index is 1560. The molecule has 0 saturated heterocycles. The first-order valence-electron chi connectivity index (χ1n) is 11.1. The highest BCUT2D eigenvalue weighted by molar-refractivity contribution is 7.92. The van der Waals surface area contributed by atoms with Crippen LogP contribution in [0.15, 0.2) is 64.3 Å². The van der Waals surface area contributed by atoms with Crippen LogP contribution in [0, 0.1) is 13.8 Å². The number of nitrogens with one attached hydrogen (secondary N) is 3. The molecule has 0 atom stereocenters. The summed E-state index contributed by atoms with van der Waals surface area (Å²) in [5.74, 6) is -0.188. The van der Waals surface area contributed by atoms with Gasteiger partial charge in [-0.05, 0) is 55.2 Å². The molecule has 0 spiro atoms. The minimum Gasteiger partial charge on any atom is -0.352 e. The first-order chi connectivity index (χ1) is 16.7. The molecule has 2 aromatic carbocycles. The number of fused-ring (bicyclic) bond motifs is 1. The molecule has 0 saturated carbocycles. The molecule has 1 amide bonds. The van der Waals surface area contributed by atoms with E-state index in [-0.39, 0.29) is 29.3 Å². The normalized spacial score (nSPS) is 11.5. The molecule has 0 radical (unpaired) electrons. The van der Waals surface area contributed by atoms with Crippen LogP contribution >= 0.6 is 0 Å². The highest BCUT2D eigenvalue weighted by Gasteiger charge is 2.17. The SMILES string of the molecule is Cc1nc2c(c(C)c1CCC(=O)NCc1ccccc1NS(=O)(=O)c1ccccc1)c(=O)[nH]n2C. The average molecular weight is 494 g/mol. The number of para-hydroxylation sites is 1. The lowest BCUT2D eigenvalue weighted by Crippen LogP contribution is -2.24. The Morgan fingerprint density at radius 3 is 2.49 bits per heavy atom. The second kappa shape index (κ2) is 9.75. The summed E-state index contributed by atoms with van der Waals surface area (Å²) in [6, 6.07) is 15.0. The van der Waals surface area contributed by atoms with Crippen molar-refractivity contribution in [2.45, 2.75) is 38.1 Å². The van der Waals surface area contributed by atoms with E-state index in [9.17, 15) is 18.0 Å². The van der Waals surface area contributed by atoms with Gasteiger partial charge >= 0.3 is 0 Å². The lowest BCUT2D eigenvalue weighted by Gasteiger charge is -2.14. The summed E-state index contributed by atoms with van der Waals surface area (Å²) in [5, 5.41) is 6.11. The summed E-state index contributed by atoms with van der Waals surface area (Å²) in [4.78, 5) is 29.6. The zero-order valence-corrected chi connectivity index (χ0v) is 20.6. The number of hydrogen-bond donors (Lipinski definition) is 3. The maximum Gasteiger partial charge on any atom is 0.273 e. The third-order valence-electron chi connectivity index (χ3n) is 5.97. The molecule has 2 heterocycles. The number of sulfonamides is 1. The molecule has 35 heavy (non-hydrogen) atoms. The Labute approximate surface area is 203 Å². The van der Waals surface area contributed by atoms with E-state index < -0.39 is 10.0 Å². The number of pyridine rings is 1. The minimum absolute atomic E-state index is 0.160. The highest BCUT2D eigenvalue weighted by Crippen LogP contribution is 2.22. The average Bonchev–Trinajstić information content (AvgIpc) is 3.11. The highest BCUT2D eigenvalue weighted by atomic mass is 32.2. The molecule has 182 valence electrons. The number of hydrogen-bond acceptors (Lipinski definition) is 5. The van der Waals surface area contributed by atoms with E-state index in [1.807, 2.05) is 13.8 Å². The number of benzene rings is 2. The topological polar surface area (TPSA) is 126 Å². The largest absolute Gasteiger partial charge is 0.352 e. The quantitative estimate of drug-likeness (QED) is 0.348. The van der Waals surface area contributed by atoms with Gasteiger partial charge < -0.3 is 5.32 Å². The minimum atomic E-state index is -3.75. The van der Waals surface area contributed by atoms with Gasteiger partial charge in [-0.15, -0.1) is 0 Å². The van der Waals surface area contributed by atoms with Crippen molar-refractivity contribution in [1.29, 1.82) is 0 Å². The van der Waals surface area contributed by atoms with E-state index in [0.29, 0.717) is 28.7 Å². The first-order valence-corrected chi connectivity index (χ1v) is 12.6. The van der Waals surface area contributed by atoms with E-state index in [0.717, 1.165) is 16.8 Å². The van der Waals surface area contributed by atoms with Gasteiger partial charge in [0.25, 0.3) is 15.6 Å². The molecule has 0 unspecified atom stereocenters. The van der Waals surface area contributed by atoms with Crippen LogP contribution in [0.25, 0.3) is 11.0 Å². The van der Waals surface area contributed by atoms with Gasteiger partial charge in [-0.3, -0.25) is 24.1 Å². The molecule has 4 rings (SSSR count). The van der Waals surface area contributed by atoms with Gasteiger partial charge in [0.2, 0.25) is 5.91 Å². The van der Waals surface area contributed by atoms with E-state index in [1.165, 1.54) is 12.1 Å². The van der Waals surface area contributed by atoms with Gasteiger partial charge in [0.1, 0.15) is 0 Å². The van der Waals surface area contributed by atoms with Crippen molar-refractivity contribution >= 4 is 32.7 Å². The van der Waals surface area contributed by atoms with Gasteiger partial charge in [0.05, 0.1) is 16.0 Å². The molecule has 10 heteroatoms. The standard InChI is InChI=1S/C25H27N5O4S/c1-16-20(17(2)27-24-23(16)25(32)28-30(24)3)13-14-22(31)26-15-18-9-7-8-12-21(18)29-35(33,34)19-10-5-4-6-11-19/h4-12,29H,13-15H2,1-3H3,(H,26,31)(H,28,32). The van der Waals surface area contributed by atoms with Crippen molar-refractivity contribution in [1.82, 2.24) is 20.1 Å². The van der Waals surface area contributed by atoms with Crippen molar-refractivity contribution in [3.8, 4) is 0 Å². The first kappa shape index (κ1) is 24.2. The summed E-state index contributed by atoms with van der Waals surface area (Å²) in [7, 11) is -2.01. The Balaban J connectivity index is 1.43. The van der Waals surface area contributed by atoms with Crippen LogP contribution in [0.1, 0.15) is 28.8 Å². The predicted octanol–water partition coefficient (Wildman–Crippen LogP) is 2.93. The van der Waals surface area contributed by atoms with Crippen LogP contribution in [0.4, 0.5) is 5.69 Å². The molecule has 0 bridgehead atoms. The van der Waals surface area contributed by atoms with Gasteiger partial charge in [-0.1, -0.05) is 36.4 Å². The van der Waals surface area contributed by atoms with Crippen molar-refractivity contribution in [3.63, 3.8) is 0 Å². The Morgan fingerprint density at radius 2 is 1.74 bits per heavy atom. The second-order valence-electron chi connectivity index (χ2n) is 8.35. The fourth-order valence-electron chi connectivity index (χ4n) is 4.11. The molecular weight excluding hydrogens is 466 g/mol. The van der Waals surface area contributed by atoms with Crippen LogP contribution < -0.4 is 15.6 Å². The fraction of sp³-hybridized carbons (Fsp3) is 0.240. The molecule has 0 aliphatic carbocycles. The van der Waals surface area contributed by atoms with E-state index >= 15 is 0 Å². The summed E-state index contributed by atoms with van der Waals surface area (Å²) in [6.45, 7) is 3.90. The fourth-order valence-corrected chi connectivity index (χ4v) is 5.24. The third-order valence-corrected chi connectivity index (χ3v) is 7.35. The molecule has 3 N–H and O–H groups in total. The monoisotopic (exact) mass is 493 g/mol. The number of rotatable bonds is 8. The van der Waals surface area contributed by atoms with E-state index in [1.54, 1.807) is 54.2 Å². The summed E-state index contributed by atoms with van der Waals surface area (Å²) >= 11 is 0. The van der Waals surface area contributed by atoms with Crippen LogP contribution in [0.3, 0.4) is 0 Å². The molecule has 4 aromatic rings. The lowest BCUT2D eigenvalue weighted by atomic mass is 10.00. The summed E-state index contributed by atoms with van der Waals surface area (Å²) < 4.78 is 29.6. The van der Waals surface area contributed by atoms with Crippen molar-refractivity contribution in [2.24, 2.45) is 7.05 Å². The zero-order valence-electron chi connectivity index (χ0n) is 19.8. The lowest BCUT2D eigenvalue weighted by molar-refractivity contribution is -0.121. The Morgan fingerprint density at radius 1 is 1.06 bits per heavy atom. The Hall–Kier alpha value is -3.92. The van der Waals surface area contributed by atoms with Crippen LogP contribution in [-0.4, -0.2) is 29.1 Å². The summed E-state index contributed by atoms with van der Waals surface area (Å²) in [6.07, 6.45) is 0.639. The number of nitrogens with zero attached hydrogens (tertiary/aromatic N) is 2. The molecule has 9 nitrogen and oxygen atoms in total. The molecule has 0 fully saturated rings. The van der Waals surface area contributed by atoms with E-state index in [4.69, 9.17) is 0 Å². The zero-order chi connectivity index (χ0) is 25.2. The number of carbonyl (C=O) groups is 1. The molecule has 2 aromatic heterocycles. The number of aromatic nitrogens is 3.